The Morgan fingerprint density at radius 3 is 2.33 bits per heavy atom. The van der Waals surface area contributed by atoms with Gasteiger partial charge in [0, 0.05) is 15.2 Å². The summed E-state index contributed by atoms with van der Waals surface area (Å²) in [6.07, 6.45) is 0. The first-order chi connectivity index (χ1) is 10.2. The van der Waals surface area contributed by atoms with E-state index < -0.39 is 0 Å². The molecule has 0 heterocycles. The molecule has 3 rings (SSSR count). The zero-order chi connectivity index (χ0) is 14.8. The maximum Gasteiger partial charge on any atom is 0.0998 e. The van der Waals surface area contributed by atoms with Crippen LogP contribution in [0.5, 0.6) is 0 Å². The highest BCUT2D eigenvalue weighted by Gasteiger charge is 2.08. The molecule has 21 heavy (non-hydrogen) atoms. The number of fused-ring (bicyclic) bond motifs is 1. The summed E-state index contributed by atoms with van der Waals surface area (Å²) >= 11 is 13.6. The Bertz CT molecular complexity index is 868. The molecule has 3 aromatic rings. The molecule has 0 aliphatic rings. The van der Waals surface area contributed by atoms with Gasteiger partial charge in [-0.2, -0.15) is 5.26 Å². The summed E-state index contributed by atoms with van der Waals surface area (Å²) in [6.45, 7) is 0. The summed E-state index contributed by atoms with van der Waals surface area (Å²) in [6, 6.07) is 19.5. The summed E-state index contributed by atoms with van der Waals surface area (Å²) in [7, 11) is 0. The third-order valence-electron chi connectivity index (χ3n) is 3.12. The minimum Gasteiger partial charge on any atom is -0.192 e. The molecule has 0 aliphatic heterocycles. The van der Waals surface area contributed by atoms with E-state index in [1.165, 1.54) is 0 Å². The van der Waals surface area contributed by atoms with Crippen molar-refractivity contribution in [1.29, 1.82) is 5.26 Å². The highest BCUT2D eigenvalue weighted by Crippen LogP contribution is 2.37. The summed E-state index contributed by atoms with van der Waals surface area (Å²) in [5.74, 6) is 0. The predicted octanol–water partition coefficient (Wildman–Crippen LogP) is 6.17. The number of rotatable bonds is 2. The molecule has 0 fully saturated rings. The topological polar surface area (TPSA) is 23.8 Å². The monoisotopic (exact) mass is 329 g/mol. The first kappa shape index (κ1) is 14.3. The van der Waals surface area contributed by atoms with Crippen LogP contribution in [0, 0.1) is 11.3 Å². The van der Waals surface area contributed by atoms with Gasteiger partial charge in [0.15, 0.2) is 0 Å². The molecule has 4 heteroatoms. The Labute approximate surface area is 137 Å². The van der Waals surface area contributed by atoms with Crippen LogP contribution in [0.1, 0.15) is 5.56 Å². The first-order valence-electron chi connectivity index (χ1n) is 6.24. The Hall–Kier alpha value is -1.66. The quantitative estimate of drug-likeness (QED) is 0.561. The number of nitrogens with zero attached hydrogens (tertiary/aromatic N) is 1. The minimum atomic E-state index is 0.541. The molecule has 0 atom stereocenters. The first-order valence-corrected chi connectivity index (χ1v) is 7.81. The Balaban J connectivity index is 2.09. The Kier molecular flexibility index (Phi) is 4.07. The molecule has 0 N–H and O–H groups in total. The number of halogens is 2. The highest BCUT2D eigenvalue weighted by atomic mass is 35.5. The summed E-state index contributed by atoms with van der Waals surface area (Å²) in [5.41, 5.74) is 0.684. The average molecular weight is 330 g/mol. The molecular weight excluding hydrogens is 321 g/mol. The van der Waals surface area contributed by atoms with E-state index >= 15 is 0 Å². The molecule has 0 saturated carbocycles. The largest absolute Gasteiger partial charge is 0.192 e. The van der Waals surface area contributed by atoms with Crippen LogP contribution in [0.4, 0.5) is 0 Å². The molecule has 3 aromatic carbocycles. The minimum absolute atomic E-state index is 0.541. The van der Waals surface area contributed by atoms with E-state index in [9.17, 15) is 5.26 Å². The van der Waals surface area contributed by atoms with Gasteiger partial charge in [-0.15, -0.1) is 0 Å². The summed E-state index contributed by atoms with van der Waals surface area (Å²) in [5, 5.41) is 12.3. The number of nitriles is 1. The molecular formula is C17H9Cl2NS. The second kappa shape index (κ2) is 5.99. The van der Waals surface area contributed by atoms with E-state index in [2.05, 4.69) is 6.07 Å². The summed E-state index contributed by atoms with van der Waals surface area (Å²) < 4.78 is 0. The van der Waals surface area contributed by atoms with Gasteiger partial charge in [0.05, 0.1) is 21.7 Å². The molecule has 0 amide bonds. The van der Waals surface area contributed by atoms with Crippen LogP contribution in [0.2, 0.25) is 10.0 Å². The SMILES string of the molecule is N#Cc1ccc(Sc2ccc(Cl)c(Cl)c2)c2ccccc12. The van der Waals surface area contributed by atoms with E-state index in [0.717, 1.165) is 20.6 Å². The van der Waals surface area contributed by atoms with Crippen molar-refractivity contribution in [2.75, 3.05) is 0 Å². The van der Waals surface area contributed by atoms with Gasteiger partial charge in [-0.1, -0.05) is 59.2 Å². The van der Waals surface area contributed by atoms with Crippen LogP contribution in [-0.2, 0) is 0 Å². The molecule has 102 valence electrons. The fraction of sp³-hybridized carbons (Fsp3) is 0. The van der Waals surface area contributed by atoms with Crippen LogP contribution >= 0.6 is 35.0 Å². The van der Waals surface area contributed by atoms with E-state index in [1.54, 1.807) is 17.8 Å². The van der Waals surface area contributed by atoms with Crippen LogP contribution < -0.4 is 0 Å². The lowest BCUT2D eigenvalue weighted by Gasteiger charge is -2.08. The molecule has 0 unspecified atom stereocenters. The molecule has 0 spiro atoms. The highest BCUT2D eigenvalue weighted by molar-refractivity contribution is 7.99. The molecule has 0 saturated heterocycles. The zero-order valence-electron chi connectivity index (χ0n) is 10.8. The van der Waals surface area contributed by atoms with Crippen molar-refractivity contribution in [1.82, 2.24) is 0 Å². The lowest BCUT2D eigenvalue weighted by atomic mass is 10.1. The smallest absolute Gasteiger partial charge is 0.0998 e. The normalized spacial score (nSPS) is 10.5. The van der Waals surface area contributed by atoms with Gasteiger partial charge in [-0.05, 0) is 35.7 Å². The van der Waals surface area contributed by atoms with Crippen molar-refractivity contribution in [2.24, 2.45) is 0 Å². The Morgan fingerprint density at radius 2 is 1.62 bits per heavy atom. The van der Waals surface area contributed by atoms with Crippen molar-refractivity contribution in [3.05, 3.63) is 70.2 Å². The lowest BCUT2D eigenvalue weighted by Crippen LogP contribution is -1.83. The van der Waals surface area contributed by atoms with Crippen molar-refractivity contribution < 1.29 is 0 Å². The maximum absolute atomic E-state index is 9.19. The summed E-state index contributed by atoms with van der Waals surface area (Å²) in [4.78, 5) is 2.10. The van der Waals surface area contributed by atoms with Crippen LogP contribution in [-0.4, -0.2) is 0 Å². The van der Waals surface area contributed by atoms with E-state index in [-0.39, 0.29) is 0 Å². The number of benzene rings is 3. The average Bonchev–Trinajstić information content (AvgIpc) is 2.51. The van der Waals surface area contributed by atoms with E-state index in [0.29, 0.717) is 15.6 Å². The second-order valence-corrected chi connectivity index (χ2v) is 6.38. The molecule has 0 radical (unpaired) electrons. The van der Waals surface area contributed by atoms with Gasteiger partial charge in [0.1, 0.15) is 0 Å². The van der Waals surface area contributed by atoms with Gasteiger partial charge in [-0.25, -0.2) is 0 Å². The fourth-order valence-electron chi connectivity index (χ4n) is 2.13. The second-order valence-electron chi connectivity index (χ2n) is 4.45. The standard InChI is InChI=1S/C17H9Cl2NS/c18-15-7-6-12(9-16(15)19)21-17-8-5-11(10-20)13-3-1-2-4-14(13)17/h1-9H. The Morgan fingerprint density at radius 1 is 0.857 bits per heavy atom. The molecule has 0 aromatic heterocycles. The third-order valence-corrected chi connectivity index (χ3v) is 4.93. The van der Waals surface area contributed by atoms with Crippen LogP contribution in [0.25, 0.3) is 10.8 Å². The third kappa shape index (κ3) is 2.87. The van der Waals surface area contributed by atoms with Gasteiger partial charge < -0.3 is 0 Å². The van der Waals surface area contributed by atoms with Gasteiger partial charge in [0.25, 0.3) is 0 Å². The fourth-order valence-corrected chi connectivity index (χ4v) is 3.48. The van der Waals surface area contributed by atoms with E-state index in [1.807, 2.05) is 48.5 Å². The van der Waals surface area contributed by atoms with Crippen molar-refractivity contribution in [3.63, 3.8) is 0 Å². The van der Waals surface area contributed by atoms with Gasteiger partial charge in [-0.3, -0.25) is 0 Å². The maximum atomic E-state index is 9.19. The van der Waals surface area contributed by atoms with Crippen molar-refractivity contribution in [2.45, 2.75) is 9.79 Å². The van der Waals surface area contributed by atoms with Crippen LogP contribution in [0.3, 0.4) is 0 Å². The number of hydrogen-bond donors (Lipinski definition) is 0. The van der Waals surface area contributed by atoms with E-state index in [4.69, 9.17) is 23.2 Å². The number of hydrogen-bond acceptors (Lipinski definition) is 2. The van der Waals surface area contributed by atoms with Gasteiger partial charge in [0.2, 0.25) is 0 Å². The van der Waals surface area contributed by atoms with Crippen molar-refractivity contribution >= 4 is 45.7 Å². The van der Waals surface area contributed by atoms with Crippen LogP contribution in [0.15, 0.2) is 64.4 Å². The van der Waals surface area contributed by atoms with Crippen molar-refractivity contribution in [3.8, 4) is 6.07 Å². The lowest BCUT2D eigenvalue weighted by molar-refractivity contribution is 1.43. The van der Waals surface area contributed by atoms with Gasteiger partial charge >= 0.3 is 0 Å². The predicted molar refractivity (Wildman–Crippen MR) is 89.2 cm³/mol. The molecule has 0 aliphatic carbocycles. The molecule has 0 bridgehead atoms. The zero-order valence-corrected chi connectivity index (χ0v) is 13.1. The molecule has 1 nitrogen and oxygen atoms in total.